The van der Waals surface area contributed by atoms with Gasteiger partial charge < -0.3 is 9.80 Å². The molecule has 0 saturated carbocycles. The molecule has 0 N–H and O–H groups in total. The van der Waals surface area contributed by atoms with Crippen LogP contribution in [0.2, 0.25) is 0 Å². The molecule has 1 spiro atoms. The Morgan fingerprint density at radius 1 is 0.197 bits per heavy atom. The van der Waals surface area contributed by atoms with Gasteiger partial charge in [0.2, 0.25) is 26.9 Å². The van der Waals surface area contributed by atoms with Crippen LogP contribution in [0.4, 0.5) is 34.1 Å². The van der Waals surface area contributed by atoms with Crippen molar-refractivity contribution in [3.05, 3.63) is 471 Å². The first kappa shape index (κ1) is 67.7. The van der Waals surface area contributed by atoms with E-state index in [0.717, 1.165) is 11.4 Å². The molecule has 4 aliphatic heterocycles. The molecule has 0 amide bonds. The molecule has 4 heterocycles. The van der Waals surface area contributed by atoms with Crippen molar-refractivity contribution in [2.75, 3.05) is 9.80 Å². The SMILES string of the molecule is c1ccc(B2c3ccccc3B(c3ccccc3)c3c2ccc2c3-c3cc(N4c5ccccc5[Si](c5ccccc5)(c5ccccc5)c5ccccc54)ccc3C23c2ccc(N4c5ccccc5[Si](c5ccccc5)(c5ccccc5)c5ccccc54)cc2-c2c3ccc3c2B(c2ccccc2)c2ccccc2B3c2ccccc2)cc1. The van der Waals surface area contributed by atoms with Gasteiger partial charge in [-0.25, -0.2) is 0 Å². The van der Waals surface area contributed by atoms with Crippen LogP contribution in [0.3, 0.4) is 0 Å². The van der Waals surface area contributed by atoms with Crippen molar-refractivity contribution in [1.82, 2.24) is 0 Å². The number of hydrogen-bond donors (Lipinski definition) is 0. The van der Waals surface area contributed by atoms with Gasteiger partial charge >= 0.3 is 0 Å². The number of fused-ring (bicyclic) bond motifs is 20. The summed E-state index contributed by atoms with van der Waals surface area (Å²) in [6.45, 7) is -0.364. The van der Waals surface area contributed by atoms with E-state index < -0.39 is 21.6 Å². The first-order chi connectivity index (χ1) is 58.1. The van der Waals surface area contributed by atoms with E-state index in [0.29, 0.717) is 0 Å². The zero-order valence-corrected chi connectivity index (χ0v) is 66.4. The molecule has 8 heteroatoms. The van der Waals surface area contributed by atoms with Crippen molar-refractivity contribution in [2.45, 2.75) is 5.41 Å². The lowest BCUT2D eigenvalue weighted by molar-refractivity contribution is 0.794. The maximum Gasteiger partial charge on any atom is 0.240 e. The van der Waals surface area contributed by atoms with E-state index in [4.69, 9.17) is 0 Å². The summed E-state index contributed by atoms with van der Waals surface area (Å²) in [6, 6.07) is 174. The fraction of sp³-hybridized carbons (Fsp3) is 0.00917. The monoisotopic (exact) mass is 1510 g/mol. The topological polar surface area (TPSA) is 6.48 Å². The van der Waals surface area contributed by atoms with Crippen molar-refractivity contribution < 1.29 is 0 Å². The van der Waals surface area contributed by atoms with Gasteiger partial charge in [0.05, 0.1) is 5.41 Å². The van der Waals surface area contributed by atoms with Crippen LogP contribution in [-0.2, 0) is 5.41 Å². The van der Waals surface area contributed by atoms with Gasteiger partial charge in [0.1, 0.15) is 0 Å². The Morgan fingerprint density at radius 2 is 0.436 bits per heavy atom. The molecule has 540 valence electrons. The van der Waals surface area contributed by atoms with Gasteiger partial charge in [0.25, 0.3) is 0 Å². The lowest BCUT2D eigenvalue weighted by atomic mass is 9.20. The Kier molecular flexibility index (Phi) is 15.4. The summed E-state index contributed by atoms with van der Waals surface area (Å²) in [7, 11) is -6.01. The van der Waals surface area contributed by atoms with Crippen LogP contribution in [0, 0.1) is 0 Å². The fourth-order valence-corrected chi connectivity index (χ4v) is 33.2. The van der Waals surface area contributed by atoms with Gasteiger partial charge in [-0.3, -0.25) is 0 Å². The summed E-state index contributed by atoms with van der Waals surface area (Å²) in [6.07, 6.45) is 0. The maximum absolute atomic E-state index is 3.00. The normalized spacial score (nSPS) is 14.6. The van der Waals surface area contributed by atoms with Gasteiger partial charge in [0, 0.05) is 34.1 Å². The number of anilines is 6. The van der Waals surface area contributed by atoms with E-state index in [1.807, 2.05) is 0 Å². The number of benzene rings is 18. The molecular weight excluding hydrogens is 1440 g/mol. The van der Waals surface area contributed by atoms with E-state index in [1.54, 1.807) is 0 Å². The minimum absolute atomic E-state index is 0.0547. The van der Waals surface area contributed by atoms with E-state index in [1.165, 1.54) is 174 Å². The number of para-hydroxylation sites is 4. The number of rotatable bonds is 10. The Hall–Kier alpha value is -13.7. The molecule has 18 aromatic rings. The quantitative estimate of drug-likeness (QED) is 0.126. The third kappa shape index (κ3) is 9.54. The molecule has 0 unspecified atom stereocenters. The standard InChI is InChI=1S/C109H74B4N2Si2/c1-9-37-75(38-10-1)110-91-53-25-27-55-93(91)112(77-41-13-3-14-42-77)107-95(110)71-69-89-105(107)85-73-79(114-97-57-29-33-61-101(97)116(81-45-17-5-18-46-81,82-47-19-6-20-48-82)102-62-34-30-58-98(102)114)65-67-87(85)109(89)88-68-66-80(115-99-59-31-35-63-103(99)117(83-49-21-7-22-50-83,84-51-23-8-24-52-84)104-64-36-32-60-100(104)115)74-86(88)106-90(109)70-72-96-108(106)113(78-43-15-4-16-44-78)94-56-28-26-54-92(94)111(96)76-39-11-2-12-40-76/h1-74H. The largest absolute Gasteiger partial charge is 0.311 e. The van der Waals surface area contributed by atoms with Crippen molar-refractivity contribution in [3.63, 3.8) is 0 Å². The lowest BCUT2D eigenvalue weighted by Crippen LogP contribution is -2.77. The van der Waals surface area contributed by atoms with Crippen LogP contribution < -0.4 is 117 Å². The highest BCUT2D eigenvalue weighted by molar-refractivity contribution is 7.22. The highest BCUT2D eigenvalue weighted by atomic mass is 28.3. The fourth-order valence-electron chi connectivity index (χ4n) is 23.0. The molecule has 117 heavy (non-hydrogen) atoms. The molecule has 18 aromatic carbocycles. The zero-order valence-electron chi connectivity index (χ0n) is 64.4. The van der Waals surface area contributed by atoms with Crippen molar-refractivity contribution in [1.29, 1.82) is 0 Å². The summed E-state index contributed by atoms with van der Waals surface area (Å²) in [4.78, 5) is 5.29. The Morgan fingerprint density at radius 3 is 0.735 bits per heavy atom. The minimum atomic E-state index is -3.00. The van der Waals surface area contributed by atoms with E-state index in [-0.39, 0.29) is 26.9 Å². The summed E-state index contributed by atoms with van der Waals surface area (Å²) in [5.74, 6) is 0. The van der Waals surface area contributed by atoms with Crippen LogP contribution in [0.1, 0.15) is 22.3 Å². The number of nitrogens with zero attached hydrogens (tertiary/aromatic N) is 2. The molecule has 0 radical (unpaired) electrons. The van der Waals surface area contributed by atoms with Crippen LogP contribution in [-0.4, -0.2) is 43.0 Å². The van der Waals surface area contributed by atoms with Crippen LogP contribution >= 0.6 is 0 Å². The van der Waals surface area contributed by atoms with Gasteiger partial charge in [-0.15, -0.1) is 0 Å². The molecular formula is C109H74B4N2Si2. The summed E-state index contributed by atoms with van der Waals surface area (Å²) >= 11 is 0. The minimum Gasteiger partial charge on any atom is -0.311 e. The second kappa shape index (κ2) is 26.7. The third-order valence-electron chi connectivity index (χ3n) is 27.2. The lowest BCUT2D eigenvalue weighted by Gasteiger charge is -2.45. The predicted molar refractivity (Wildman–Crippen MR) is 504 cm³/mol. The molecule has 0 aromatic heterocycles. The molecule has 2 nitrogen and oxygen atoms in total. The number of hydrogen-bond acceptors (Lipinski definition) is 2. The van der Waals surface area contributed by atoms with E-state index in [9.17, 15) is 0 Å². The summed E-state index contributed by atoms with van der Waals surface area (Å²) < 4.78 is 0. The first-order valence-corrected chi connectivity index (χ1v) is 45.4. The second-order valence-corrected chi connectivity index (χ2v) is 40.0. The molecule has 0 saturated heterocycles. The van der Waals surface area contributed by atoms with Crippen LogP contribution in [0.25, 0.3) is 22.3 Å². The smallest absolute Gasteiger partial charge is 0.240 e. The van der Waals surface area contributed by atoms with Gasteiger partial charge in [-0.05, 0) is 135 Å². The third-order valence-corrected chi connectivity index (χ3v) is 36.9. The predicted octanol–water partition coefficient (Wildman–Crippen LogP) is 11.0. The van der Waals surface area contributed by atoms with E-state index in [2.05, 4.69) is 459 Å². The maximum atomic E-state index is 2.66. The average molecular weight is 1510 g/mol. The zero-order chi connectivity index (χ0) is 76.9. The van der Waals surface area contributed by atoms with Gasteiger partial charge in [-0.1, -0.05) is 466 Å². The van der Waals surface area contributed by atoms with Crippen molar-refractivity contribution in [2.24, 2.45) is 0 Å². The Bertz CT molecular complexity index is 6400. The summed E-state index contributed by atoms with van der Waals surface area (Å²) in [5.41, 5.74) is 32.6. The van der Waals surface area contributed by atoms with Gasteiger partial charge in [-0.2, -0.15) is 0 Å². The Labute approximate surface area is 687 Å². The molecule has 0 bridgehead atoms. The Balaban J connectivity index is 0.839. The molecule has 24 rings (SSSR count). The highest BCUT2D eigenvalue weighted by Crippen LogP contribution is 2.64. The van der Waals surface area contributed by atoms with Crippen molar-refractivity contribution in [3.8, 4) is 22.3 Å². The van der Waals surface area contributed by atoms with Gasteiger partial charge in [0.15, 0.2) is 16.1 Å². The van der Waals surface area contributed by atoms with Crippen molar-refractivity contribution >= 4 is 184 Å². The summed E-state index contributed by atoms with van der Waals surface area (Å²) in [5, 5.41) is 11.0. The highest BCUT2D eigenvalue weighted by Gasteiger charge is 2.58. The molecule has 0 atom stereocenters. The molecule has 6 aliphatic rings. The van der Waals surface area contributed by atoms with E-state index >= 15 is 0 Å². The molecule has 2 aliphatic carbocycles. The molecule has 0 fully saturated rings. The average Bonchev–Trinajstić information content (AvgIpc) is 1.50. The first-order valence-electron chi connectivity index (χ1n) is 41.4. The van der Waals surface area contributed by atoms with Crippen LogP contribution in [0.15, 0.2) is 449 Å². The van der Waals surface area contributed by atoms with Crippen LogP contribution in [0.5, 0.6) is 0 Å². The second-order valence-electron chi connectivity index (χ2n) is 32.5.